The van der Waals surface area contributed by atoms with E-state index in [2.05, 4.69) is 12.2 Å². The van der Waals surface area contributed by atoms with Gasteiger partial charge in [0.2, 0.25) is 5.91 Å². The van der Waals surface area contributed by atoms with Crippen molar-refractivity contribution in [1.29, 1.82) is 0 Å². The Morgan fingerprint density at radius 2 is 2.44 bits per heavy atom. The van der Waals surface area contributed by atoms with Gasteiger partial charge in [-0.2, -0.15) is 0 Å². The lowest BCUT2D eigenvalue weighted by Crippen LogP contribution is -2.52. The number of hydrogen-bond donors (Lipinski definition) is 1. The number of piperidine rings is 1. The predicted octanol–water partition coefficient (Wildman–Crippen LogP) is 0.623. The van der Waals surface area contributed by atoms with Crippen LogP contribution in [0.4, 0.5) is 0 Å². The van der Waals surface area contributed by atoms with E-state index in [1.165, 1.54) is 0 Å². The van der Waals surface area contributed by atoms with E-state index < -0.39 is 0 Å². The van der Waals surface area contributed by atoms with E-state index >= 15 is 0 Å². The van der Waals surface area contributed by atoms with Crippen LogP contribution in [0.25, 0.3) is 0 Å². The number of nitrogens with one attached hydrogen (secondary N) is 1. The first-order valence-electron chi connectivity index (χ1n) is 6.42. The van der Waals surface area contributed by atoms with Crippen molar-refractivity contribution in [3.63, 3.8) is 0 Å². The summed E-state index contributed by atoms with van der Waals surface area (Å²) in [4.78, 5) is 14.4. The number of carbonyl (C=O) groups excluding carboxylic acids is 1. The van der Waals surface area contributed by atoms with Crippen molar-refractivity contribution in [3.05, 3.63) is 0 Å². The summed E-state index contributed by atoms with van der Waals surface area (Å²) in [6.45, 7) is 6.22. The van der Waals surface area contributed by atoms with E-state index in [-0.39, 0.29) is 5.92 Å². The highest BCUT2D eigenvalue weighted by Crippen LogP contribution is 2.18. The first-order chi connectivity index (χ1) is 7.83. The maximum atomic E-state index is 12.4. The molecule has 0 aromatic carbocycles. The number of morpholine rings is 1. The molecular weight excluding hydrogens is 204 g/mol. The summed E-state index contributed by atoms with van der Waals surface area (Å²) in [5.41, 5.74) is 0. The fraction of sp³-hybridized carbons (Fsp3) is 0.917. The van der Waals surface area contributed by atoms with Crippen molar-refractivity contribution in [2.75, 3.05) is 32.8 Å². The Labute approximate surface area is 97.3 Å². The first-order valence-corrected chi connectivity index (χ1v) is 6.42. The minimum atomic E-state index is 0.195. The van der Waals surface area contributed by atoms with Crippen molar-refractivity contribution in [3.8, 4) is 0 Å². The van der Waals surface area contributed by atoms with Crippen LogP contribution in [0.2, 0.25) is 0 Å². The normalized spacial score (nSPS) is 31.4. The van der Waals surface area contributed by atoms with E-state index in [1.54, 1.807) is 0 Å². The number of amides is 1. The molecule has 0 aliphatic carbocycles. The zero-order valence-electron chi connectivity index (χ0n) is 10.1. The maximum absolute atomic E-state index is 12.4. The van der Waals surface area contributed by atoms with Gasteiger partial charge in [0, 0.05) is 13.1 Å². The topological polar surface area (TPSA) is 41.6 Å². The summed E-state index contributed by atoms with van der Waals surface area (Å²) in [6.07, 6.45) is 3.16. The summed E-state index contributed by atoms with van der Waals surface area (Å²) in [7, 11) is 0. The zero-order valence-corrected chi connectivity index (χ0v) is 10.1. The molecule has 4 nitrogen and oxygen atoms in total. The molecule has 4 heteroatoms. The van der Waals surface area contributed by atoms with Crippen LogP contribution in [0.3, 0.4) is 0 Å². The molecule has 1 amide bonds. The zero-order chi connectivity index (χ0) is 11.4. The van der Waals surface area contributed by atoms with Gasteiger partial charge in [-0.1, -0.05) is 6.92 Å². The quantitative estimate of drug-likeness (QED) is 0.750. The Morgan fingerprint density at radius 3 is 3.12 bits per heavy atom. The highest BCUT2D eigenvalue weighted by molar-refractivity contribution is 5.79. The Hall–Kier alpha value is -0.610. The lowest BCUT2D eigenvalue weighted by molar-refractivity contribution is -0.145. The fourth-order valence-electron chi connectivity index (χ4n) is 2.58. The second-order valence-corrected chi connectivity index (χ2v) is 4.71. The largest absolute Gasteiger partial charge is 0.377 e. The minimum Gasteiger partial charge on any atom is -0.377 e. The average molecular weight is 226 g/mol. The van der Waals surface area contributed by atoms with Gasteiger partial charge in [0.05, 0.1) is 25.2 Å². The third-order valence-electron chi connectivity index (χ3n) is 3.63. The second kappa shape index (κ2) is 5.64. The van der Waals surface area contributed by atoms with Crippen LogP contribution in [-0.2, 0) is 9.53 Å². The molecule has 0 spiro atoms. The van der Waals surface area contributed by atoms with Crippen LogP contribution in [0, 0.1) is 5.92 Å². The Morgan fingerprint density at radius 1 is 1.56 bits per heavy atom. The van der Waals surface area contributed by atoms with Crippen LogP contribution >= 0.6 is 0 Å². The molecule has 92 valence electrons. The van der Waals surface area contributed by atoms with Gasteiger partial charge in [0.1, 0.15) is 0 Å². The van der Waals surface area contributed by atoms with Gasteiger partial charge in [-0.3, -0.25) is 4.79 Å². The molecule has 0 bridgehead atoms. The SMILES string of the molecule is CCC1COCCN1C(=O)[C@H]1CCCNC1. The molecule has 0 radical (unpaired) electrons. The van der Waals surface area contributed by atoms with Gasteiger partial charge < -0.3 is 15.0 Å². The second-order valence-electron chi connectivity index (χ2n) is 4.71. The molecule has 16 heavy (non-hydrogen) atoms. The Bertz CT molecular complexity index is 239. The van der Waals surface area contributed by atoms with E-state index in [0.29, 0.717) is 25.2 Å². The third kappa shape index (κ3) is 2.55. The Balaban J connectivity index is 1.95. The number of ether oxygens (including phenoxy) is 1. The molecule has 0 aromatic rings. The van der Waals surface area contributed by atoms with Gasteiger partial charge in [-0.25, -0.2) is 0 Å². The molecule has 2 saturated heterocycles. The van der Waals surface area contributed by atoms with Crippen LogP contribution < -0.4 is 5.32 Å². The number of carbonyl (C=O) groups is 1. The monoisotopic (exact) mass is 226 g/mol. The molecule has 0 saturated carbocycles. The first kappa shape index (κ1) is 11.9. The van der Waals surface area contributed by atoms with Crippen LogP contribution in [0.15, 0.2) is 0 Å². The van der Waals surface area contributed by atoms with Crippen molar-refractivity contribution in [2.24, 2.45) is 5.92 Å². The molecule has 2 fully saturated rings. The minimum absolute atomic E-state index is 0.195. The van der Waals surface area contributed by atoms with Crippen LogP contribution in [0.5, 0.6) is 0 Å². The van der Waals surface area contributed by atoms with E-state index in [1.807, 2.05) is 4.90 Å². The molecule has 2 rings (SSSR count). The third-order valence-corrected chi connectivity index (χ3v) is 3.63. The van der Waals surface area contributed by atoms with Gasteiger partial charge in [0.25, 0.3) is 0 Å². The molecule has 0 aromatic heterocycles. The summed E-state index contributed by atoms with van der Waals surface area (Å²) < 4.78 is 5.43. The maximum Gasteiger partial charge on any atom is 0.227 e. The fourth-order valence-corrected chi connectivity index (χ4v) is 2.58. The standard InChI is InChI=1S/C12H22N2O2/c1-2-11-9-16-7-6-14(11)12(15)10-4-3-5-13-8-10/h10-11,13H,2-9H2,1H3/t10-,11?/m0/s1. The van der Waals surface area contributed by atoms with Crippen molar-refractivity contribution in [1.82, 2.24) is 10.2 Å². The molecule has 2 aliphatic rings. The lowest BCUT2D eigenvalue weighted by atomic mass is 9.97. The van der Waals surface area contributed by atoms with E-state index in [4.69, 9.17) is 4.74 Å². The summed E-state index contributed by atoms with van der Waals surface area (Å²) >= 11 is 0. The van der Waals surface area contributed by atoms with Crippen molar-refractivity contribution in [2.45, 2.75) is 32.2 Å². The molecular formula is C12H22N2O2. The molecule has 1 unspecified atom stereocenters. The summed E-state index contributed by atoms with van der Waals surface area (Å²) in [5, 5.41) is 3.31. The van der Waals surface area contributed by atoms with Crippen LogP contribution in [0.1, 0.15) is 26.2 Å². The highest BCUT2D eigenvalue weighted by atomic mass is 16.5. The van der Waals surface area contributed by atoms with Gasteiger partial charge in [-0.05, 0) is 25.8 Å². The number of rotatable bonds is 2. The molecule has 2 aliphatic heterocycles. The lowest BCUT2D eigenvalue weighted by Gasteiger charge is -2.38. The number of hydrogen-bond acceptors (Lipinski definition) is 3. The van der Waals surface area contributed by atoms with Crippen molar-refractivity contribution < 1.29 is 9.53 Å². The number of nitrogens with zero attached hydrogens (tertiary/aromatic N) is 1. The van der Waals surface area contributed by atoms with Gasteiger partial charge >= 0.3 is 0 Å². The van der Waals surface area contributed by atoms with Crippen LogP contribution in [-0.4, -0.2) is 49.7 Å². The molecule has 2 atom stereocenters. The van der Waals surface area contributed by atoms with E-state index in [0.717, 1.165) is 38.9 Å². The smallest absolute Gasteiger partial charge is 0.227 e. The molecule has 2 heterocycles. The van der Waals surface area contributed by atoms with E-state index in [9.17, 15) is 4.79 Å². The summed E-state index contributed by atoms with van der Waals surface area (Å²) in [6, 6.07) is 0.295. The van der Waals surface area contributed by atoms with Gasteiger partial charge in [0.15, 0.2) is 0 Å². The van der Waals surface area contributed by atoms with Gasteiger partial charge in [-0.15, -0.1) is 0 Å². The van der Waals surface area contributed by atoms with Crippen molar-refractivity contribution >= 4 is 5.91 Å². The highest BCUT2D eigenvalue weighted by Gasteiger charge is 2.31. The average Bonchev–Trinajstić information content (AvgIpc) is 2.39. The Kier molecular flexibility index (Phi) is 4.18. The predicted molar refractivity (Wildman–Crippen MR) is 62.2 cm³/mol. The molecule has 1 N–H and O–H groups in total. The summed E-state index contributed by atoms with van der Waals surface area (Å²) in [5.74, 6) is 0.531.